The zero-order valence-electron chi connectivity index (χ0n) is 15.7. The molecule has 0 radical (unpaired) electrons. The maximum absolute atomic E-state index is 12.1. The highest BCUT2D eigenvalue weighted by Gasteiger charge is 2.08. The molecule has 0 aliphatic heterocycles. The monoisotopic (exact) mass is 402 g/mol. The summed E-state index contributed by atoms with van der Waals surface area (Å²) >= 11 is 1.64. The molecule has 0 unspecified atom stereocenters. The molecule has 0 aliphatic carbocycles. The number of nitrogens with one attached hydrogen (secondary N) is 1. The highest BCUT2D eigenvalue weighted by atomic mass is 32.1. The summed E-state index contributed by atoms with van der Waals surface area (Å²) in [5.41, 5.74) is 3.22. The van der Waals surface area contributed by atoms with Gasteiger partial charge in [-0.15, -0.1) is 11.3 Å². The van der Waals surface area contributed by atoms with E-state index in [0.717, 1.165) is 20.8 Å². The van der Waals surface area contributed by atoms with Gasteiger partial charge in [0.1, 0.15) is 10.8 Å². The Balaban J connectivity index is 1.35. The molecule has 0 spiro atoms. The molecule has 1 amide bonds. The Morgan fingerprint density at radius 3 is 2.38 bits per heavy atom. The smallest absolute Gasteiger partial charge is 0.262 e. The average Bonchev–Trinajstić information content (AvgIpc) is 3.17. The van der Waals surface area contributed by atoms with Crippen molar-refractivity contribution in [3.8, 4) is 16.3 Å². The van der Waals surface area contributed by atoms with Crippen LogP contribution < -0.4 is 10.1 Å². The normalized spacial score (nSPS) is 10.7. The van der Waals surface area contributed by atoms with Crippen molar-refractivity contribution in [3.63, 3.8) is 0 Å². The fraction of sp³-hybridized carbons (Fsp3) is 0.0870. The molecule has 1 heterocycles. The van der Waals surface area contributed by atoms with Crippen LogP contribution in [0.1, 0.15) is 17.3 Å². The zero-order chi connectivity index (χ0) is 20.2. The lowest BCUT2D eigenvalue weighted by atomic mass is 10.1. The highest BCUT2D eigenvalue weighted by Crippen LogP contribution is 2.30. The molecule has 0 bridgehead atoms. The van der Waals surface area contributed by atoms with E-state index in [0.29, 0.717) is 17.0 Å². The van der Waals surface area contributed by atoms with Gasteiger partial charge in [0, 0.05) is 16.8 Å². The van der Waals surface area contributed by atoms with E-state index in [9.17, 15) is 9.59 Å². The summed E-state index contributed by atoms with van der Waals surface area (Å²) in [6.45, 7) is 1.40. The minimum atomic E-state index is -0.268. The first-order valence-corrected chi connectivity index (χ1v) is 9.90. The number of fused-ring (bicyclic) bond motifs is 1. The third-order valence-corrected chi connectivity index (χ3v) is 5.43. The maximum Gasteiger partial charge on any atom is 0.262 e. The Kier molecular flexibility index (Phi) is 5.35. The number of Topliss-reactive ketones (excluding diaryl/α,β-unsaturated/α-hetero) is 1. The van der Waals surface area contributed by atoms with Crippen LogP contribution >= 0.6 is 11.3 Å². The number of rotatable bonds is 6. The van der Waals surface area contributed by atoms with Gasteiger partial charge in [-0.25, -0.2) is 4.98 Å². The summed E-state index contributed by atoms with van der Waals surface area (Å²) in [5, 5.41) is 3.70. The van der Waals surface area contributed by atoms with Gasteiger partial charge >= 0.3 is 0 Å². The first-order valence-electron chi connectivity index (χ1n) is 9.08. The van der Waals surface area contributed by atoms with Crippen LogP contribution in [-0.2, 0) is 4.79 Å². The largest absolute Gasteiger partial charge is 0.484 e. The summed E-state index contributed by atoms with van der Waals surface area (Å²) in [6, 6.07) is 22.3. The lowest BCUT2D eigenvalue weighted by Crippen LogP contribution is -2.20. The number of benzene rings is 3. The number of amides is 1. The molecule has 4 aromatic rings. The summed E-state index contributed by atoms with van der Waals surface area (Å²) < 4.78 is 6.72. The van der Waals surface area contributed by atoms with Crippen LogP contribution in [-0.4, -0.2) is 23.3 Å². The molecule has 0 aliphatic rings. The predicted molar refractivity (Wildman–Crippen MR) is 116 cm³/mol. The molecule has 5 nitrogen and oxygen atoms in total. The molecule has 1 aromatic heterocycles. The molecule has 3 aromatic carbocycles. The summed E-state index contributed by atoms with van der Waals surface area (Å²) in [5.74, 6) is 0.327. The average molecular weight is 402 g/mol. The zero-order valence-corrected chi connectivity index (χ0v) is 16.5. The number of thiazole rings is 1. The van der Waals surface area contributed by atoms with E-state index in [2.05, 4.69) is 16.4 Å². The molecule has 0 atom stereocenters. The second-order valence-corrected chi connectivity index (χ2v) is 7.51. The molecule has 144 valence electrons. The number of ether oxygens (including phenoxy) is 1. The number of aromatic nitrogens is 1. The lowest BCUT2D eigenvalue weighted by molar-refractivity contribution is -0.118. The van der Waals surface area contributed by atoms with Crippen LogP contribution in [0.3, 0.4) is 0 Å². The molecule has 0 fully saturated rings. The molecular formula is C23H18N2O3S. The minimum Gasteiger partial charge on any atom is -0.484 e. The van der Waals surface area contributed by atoms with Gasteiger partial charge < -0.3 is 10.1 Å². The number of hydrogen-bond acceptors (Lipinski definition) is 5. The molecule has 6 heteroatoms. The summed E-state index contributed by atoms with van der Waals surface area (Å²) in [7, 11) is 0. The Labute approximate surface area is 172 Å². The number of para-hydroxylation sites is 1. The fourth-order valence-electron chi connectivity index (χ4n) is 2.82. The molecule has 4 rings (SSSR count). The van der Waals surface area contributed by atoms with Crippen molar-refractivity contribution in [2.24, 2.45) is 0 Å². The van der Waals surface area contributed by atoms with Crippen molar-refractivity contribution < 1.29 is 14.3 Å². The third-order valence-electron chi connectivity index (χ3n) is 4.34. The second-order valence-electron chi connectivity index (χ2n) is 6.48. The van der Waals surface area contributed by atoms with E-state index < -0.39 is 0 Å². The second kappa shape index (κ2) is 8.24. The van der Waals surface area contributed by atoms with Crippen LogP contribution in [0.2, 0.25) is 0 Å². The molecule has 0 saturated heterocycles. The van der Waals surface area contributed by atoms with Crippen molar-refractivity contribution in [2.45, 2.75) is 6.92 Å². The quantitative estimate of drug-likeness (QED) is 0.451. The van der Waals surface area contributed by atoms with Crippen molar-refractivity contribution in [2.75, 3.05) is 11.9 Å². The van der Waals surface area contributed by atoms with Gasteiger partial charge in [-0.05, 0) is 67.6 Å². The Hall–Kier alpha value is -3.51. The number of nitrogens with zero attached hydrogens (tertiary/aromatic N) is 1. The van der Waals surface area contributed by atoms with Crippen molar-refractivity contribution in [1.29, 1.82) is 0 Å². The molecule has 0 saturated carbocycles. The minimum absolute atomic E-state index is 0.0134. The Morgan fingerprint density at radius 2 is 1.69 bits per heavy atom. The van der Waals surface area contributed by atoms with E-state index in [1.807, 2.05) is 42.5 Å². The molecular weight excluding hydrogens is 384 g/mol. The summed E-state index contributed by atoms with van der Waals surface area (Å²) in [4.78, 5) is 28.0. The van der Waals surface area contributed by atoms with E-state index in [1.54, 1.807) is 35.6 Å². The first-order chi connectivity index (χ1) is 14.1. The van der Waals surface area contributed by atoms with E-state index in [-0.39, 0.29) is 18.3 Å². The Morgan fingerprint density at radius 1 is 0.966 bits per heavy atom. The fourth-order valence-corrected chi connectivity index (χ4v) is 3.79. The van der Waals surface area contributed by atoms with Crippen molar-refractivity contribution in [1.82, 2.24) is 4.98 Å². The van der Waals surface area contributed by atoms with E-state index in [4.69, 9.17) is 4.74 Å². The van der Waals surface area contributed by atoms with Gasteiger partial charge in [-0.1, -0.05) is 12.1 Å². The van der Waals surface area contributed by atoms with Crippen LogP contribution in [0, 0.1) is 0 Å². The van der Waals surface area contributed by atoms with Crippen LogP contribution in [0.25, 0.3) is 20.8 Å². The number of anilines is 1. The molecule has 1 N–H and O–H groups in total. The first kappa shape index (κ1) is 18.8. The number of carbonyl (C=O) groups is 2. The maximum atomic E-state index is 12.1. The number of ketones is 1. The van der Waals surface area contributed by atoms with Gasteiger partial charge in [-0.2, -0.15) is 0 Å². The SMILES string of the molecule is CC(=O)c1ccc(NC(=O)COc2ccc(-c3nc4ccccc4s3)cc2)cc1. The van der Waals surface area contributed by atoms with Crippen LogP contribution in [0.5, 0.6) is 5.75 Å². The van der Waals surface area contributed by atoms with Gasteiger partial charge in [0.25, 0.3) is 5.91 Å². The van der Waals surface area contributed by atoms with E-state index >= 15 is 0 Å². The van der Waals surface area contributed by atoms with Crippen LogP contribution in [0.4, 0.5) is 5.69 Å². The summed E-state index contributed by atoms with van der Waals surface area (Å²) in [6.07, 6.45) is 0. The van der Waals surface area contributed by atoms with E-state index in [1.165, 1.54) is 6.92 Å². The van der Waals surface area contributed by atoms with Gasteiger partial charge in [0.05, 0.1) is 10.2 Å². The highest BCUT2D eigenvalue weighted by molar-refractivity contribution is 7.21. The van der Waals surface area contributed by atoms with Crippen molar-refractivity contribution >= 4 is 38.9 Å². The van der Waals surface area contributed by atoms with Crippen LogP contribution in [0.15, 0.2) is 72.8 Å². The Bertz CT molecular complexity index is 1130. The predicted octanol–water partition coefficient (Wildman–Crippen LogP) is 5.18. The standard InChI is InChI=1S/C23H18N2O3S/c1-15(26)16-6-10-18(11-7-16)24-22(27)14-28-19-12-8-17(9-13-19)23-25-20-4-2-3-5-21(20)29-23/h2-13H,14H2,1H3,(H,24,27). The van der Waals surface area contributed by atoms with Crippen molar-refractivity contribution in [3.05, 3.63) is 78.4 Å². The number of carbonyl (C=O) groups excluding carboxylic acids is 2. The number of hydrogen-bond donors (Lipinski definition) is 1. The van der Waals surface area contributed by atoms with Gasteiger partial charge in [0.2, 0.25) is 0 Å². The molecule has 29 heavy (non-hydrogen) atoms. The van der Waals surface area contributed by atoms with Gasteiger partial charge in [0.15, 0.2) is 12.4 Å². The van der Waals surface area contributed by atoms with Gasteiger partial charge in [-0.3, -0.25) is 9.59 Å². The lowest BCUT2D eigenvalue weighted by Gasteiger charge is -2.08. The topological polar surface area (TPSA) is 68.3 Å². The third kappa shape index (κ3) is 4.50.